The molecular formula is C34H46N2O. The molecule has 0 radical (unpaired) electrons. The van der Waals surface area contributed by atoms with Gasteiger partial charge in [0.05, 0.1) is 0 Å². The van der Waals surface area contributed by atoms with Gasteiger partial charge in [-0.25, -0.2) is 0 Å². The maximum atomic E-state index is 6.04. The highest BCUT2D eigenvalue weighted by Crippen LogP contribution is 2.28. The van der Waals surface area contributed by atoms with E-state index in [-0.39, 0.29) is 5.41 Å². The van der Waals surface area contributed by atoms with Crippen LogP contribution in [0.25, 0.3) is 0 Å². The summed E-state index contributed by atoms with van der Waals surface area (Å²) in [5.74, 6) is 1.64. The highest BCUT2D eigenvalue weighted by molar-refractivity contribution is 5.50. The lowest BCUT2D eigenvalue weighted by Crippen LogP contribution is -2.45. The molecule has 0 saturated carbocycles. The van der Waals surface area contributed by atoms with Crippen LogP contribution in [-0.2, 0) is 18.6 Å². The number of piperidine rings is 1. The molecule has 0 amide bonds. The van der Waals surface area contributed by atoms with Crippen molar-refractivity contribution in [2.24, 2.45) is 5.92 Å². The van der Waals surface area contributed by atoms with Gasteiger partial charge in [0.2, 0.25) is 0 Å². The zero-order chi connectivity index (χ0) is 26.3. The SMILES string of the molecule is CC(C)CCN(c1ccc(OCc2ccccc2)cc1)C1CCN(Cc2ccc(C(C)(C)C)cc2)CC1. The lowest BCUT2D eigenvalue weighted by atomic mass is 9.86. The van der Waals surface area contributed by atoms with Gasteiger partial charge in [0.25, 0.3) is 0 Å². The second-order valence-electron chi connectivity index (χ2n) is 12.1. The van der Waals surface area contributed by atoms with Gasteiger partial charge in [0.1, 0.15) is 12.4 Å². The van der Waals surface area contributed by atoms with E-state index < -0.39 is 0 Å². The Labute approximate surface area is 225 Å². The third-order valence-electron chi connectivity index (χ3n) is 7.59. The van der Waals surface area contributed by atoms with Gasteiger partial charge in [-0.3, -0.25) is 4.90 Å². The topological polar surface area (TPSA) is 15.7 Å². The average Bonchev–Trinajstić information content (AvgIpc) is 2.89. The van der Waals surface area contributed by atoms with Crippen molar-refractivity contribution in [3.05, 3.63) is 95.6 Å². The van der Waals surface area contributed by atoms with Gasteiger partial charge < -0.3 is 9.64 Å². The maximum Gasteiger partial charge on any atom is 0.119 e. The number of anilines is 1. The summed E-state index contributed by atoms with van der Waals surface area (Å²) in [6.07, 6.45) is 3.64. The Morgan fingerprint density at radius 1 is 0.838 bits per heavy atom. The molecule has 0 spiro atoms. The van der Waals surface area contributed by atoms with E-state index in [1.54, 1.807) is 0 Å². The number of rotatable bonds is 10. The van der Waals surface area contributed by atoms with Crippen LogP contribution in [0.15, 0.2) is 78.9 Å². The molecule has 1 heterocycles. The molecule has 3 nitrogen and oxygen atoms in total. The van der Waals surface area contributed by atoms with Crippen molar-refractivity contribution in [3.8, 4) is 5.75 Å². The second kappa shape index (κ2) is 12.6. The molecule has 0 bridgehead atoms. The molecule has 0 aliphatic carbocycles. The molecule has 0 aromatic heterocycles. The summed E-state index contributed by atoms with van der Waals surface area (Å²) in [7, 11) is 0. The number of hydrogen-bond donors (Lipinski definition) is 0. The predicted octanol–water partition coefficient (Wildman–Crippen LogP) is 8.08. The van der Waals surface area contributed by atoms with E-state index >= 15 is 0 Å². The zero-order valence-corrected chi connectivity index (χ0v) is 23.6. The fourth-order valence-electron chi connectivity index (χ4n) is 5.15. The molecule has 4 rings (SSSR count). The second-order valence-corrected chi connectivity index (χ2v) is 12.1. The van der Waals surface area contributed by atoms with Crippen LogP contribution in [0, 0.1) is 5.92 Å². The van der Waals surface area contributed by atoms with Crippen LogP contribution in [0.1, 0.15) is 70.6 Å². The predicted molar refractivity (Wildman–Crippen MR) is 157 cm³/mol. The van der Waals surface area contributed by atoms with Crippen molar-refractivity contribution in [3.63, 3.8) is 0 Å². The van der Waals surface area contributed by atoms with E-state index in [0.29, 0.717) is 18.6 Å². The molecular weight excluding hydrogens is 452 g/mol. The van der Waals surface area contributed by atoms with Gasteiger partial charge in [-0.2, -0.15) is 0 Å². The molecule has 0 atom stereocenters. The minimum absolute atomic E-state index is 0.211. The first-order valence-electron chi connectivity index (χ1n) is 14.1. The van der Waals surface area contributed by atoms with E-state index in [4.69, 9.17) is 4.74 Å². The Kier molecular flexibility index (Phi) is 9.32. The molecule has 1 saturated heterocycles. The summed E-state index contributed by atoms with van der Waals surface area (Å²) in [6.45, 7) is 16.6. The first-order valence-corrected chi connectivity index (χ1v) is 14.1. The van der Waals surface area contributed by atoms with E-state index in [1.807, 2.05) is 6.07 Å². The summed E-state index contributed by atoms with van der Waals surface area (Å²) in [6, 6.07) is 29.0. The summed E-state index contributed by atoms with van der Waals surface area (Å²) >= 11 is 0. The molecule has 3 heteroatoms. The van der Waals surface area contributed by atoms with Crippen molar-refractivity contribution in [1.29, 1.82) is 0 Å². The molecule has 0 N–H and O–H groups in total. The molecule has 3 aromatic carbocycles. The normalized spacial score (nSPS) is 15.2. The van der Waals surface area contributed by atoms with Crippen LogP contribution in [0.2, 0.25) is 0 Å². The Morgan fingerprint density at radius 2 is 1.49 bits per heavy atom. The largest absolute Gasteiger partial charge is 0.489 e. The van der Waals surface area contributed by atoms with Gasteiger partial charge in [0, 0.05) is 37.9 Å². The summed E-state index contributed by atoms with van der Waals surface area (Å²) in [5.41, 5.74) is 5.56. The number of benzene rings is 3. The summed E-state index contributed by atoms with van der Waals surface area (Å²) in [4.78, 5) is 5.29. The lowest BCUT2D eigenvalue weighted by Gasteiger charge is -2.40. The fraction of sp³-hybridized carbons (Fsp3) is 0.471. The van der Waals surface area contributed by atoms with E-state index in [9.17, 15) is 0 Å². The van der Waals surface area contributed by atoms with Gasteiger partial charge in [-0.05, 0) is 71.6 Å². The number of likely N-dealkylation sites (tertiary alicyclic amines) is 1. The number of nitrogens with zero attached hydrogens (tertiary/aromatic N) is 2. The van der Waals surface area contributed by atoms with Crippen LogP contribution in [-0.4, -0.2) is 30.6 Å². The molecule has 3 aromatic rings. The van der Waals surface area contributed by atoms with Gasteiger partial charge in [-0.1, -0.05) is 89.2 Å². The summed E-state index contributed by atoms with van der Waals surface area (Å²) in [5, 5.41) is 0. The van der Waals surface area contributed by atoms with Crippen molar-refractivity contribution in [1.82, 2.24) is 4.90 Å². The Bertz CT molecular complexity index is 1060. The van der Waals surface area contributed by atoms with E-state index in [1.165, 1.54) is 41.6 Å². The molecule has 0 unspecified atom stereocenters. The van der Waals surface area contributed by atoms with Crippen LogP contribution in [0.5, 0.6) is 5.75 Å². The Balaban J connectivity index is 1.34. The first kappa shape index (κ1) is 27.3. The smallest absolute Gasteiger partial charge is 0.119 e. The fourth-order valence-corrected chi connectivity index (χ4v) is 5.15. The Morgan fingerprint density at radius 3 is 2.08 bits per heavy atom. The number of ether oxygens (including phenoxy) is 1. The molecule has 1 fully saturated rings. The van der Waals surface area contributed by atoms with Gasteiger partial charge >= 0.3 is 0 Å². The zero-order valence-electron chi connectivity index (χ0n) is 23.6. The lowest BCUT2D eigenvalue weighted by molar-refractivity contribution is 0.200. The van der Waals surface area contributed by atoms with E-state index in [2.05, 4.69) is 117 Å². The van der Waals surface area contributed by atoms with Crippen molar-refractivity contribution >= 4 is 5.69 Å². The molecule has 1 aliphatic heterocycles. The van der Waals surface area contributed by atoms with Gasteiger partial charge in [0.15, 0.2) is 0 Å². The van der Waals surface area contributed by atoms with Crippen LogP contribution in [0.4, 0.5) is 5.69 Å². The Hall–Kier alpha value is -2.78. The molecule has 37 heavy (non-hydrogen) atoms. The third kappa shape index (κ3) is 8.10. The standard InChI is InChI=1S/C34H46N2O/c1-27(2)19-24-36(31-15-17-33(18-16-31)37-26-29-9-7-6-8-10-29)32-20-22-35(23-21-32)25-28-11-13-30(14-12-28)34(3,4)5/h6-18,27,32H,19-26H2,1-5H3. The van der Waals surface area contributed by atoms with Crippen LogP contribution in [0.3, 0.4) is 0 Å². The highest BCUT2D eigenvalue weighted by atomic mass is 16.5. The first-order chi connectivity index (χ1) is 17.8. The van der Waals surface area contributed by atoms with Crippen molar-refractivity contribution < 1.29 is 4.74 Å². The molecule has 198 valence electrons. The monoisotopic (exact) mass is 498 g/mol. The van der Waals surface area contributed by atoms with Crippen molar-refractivity contribution in [2.75, 3.05) is 24.5 Å². The molecule has 1 aliphatic rings. The summed E-state index contributed by atoms with van der Waals surface area (Å²) < 4.78 is 6.04. The highest BCUT2D eigenvalue weighted by Gasteiger charge is 2.25. The minimum Gasteiger partial charge on any atom is -0.489 e. The van der Waals surface area contributed by atoms with E-state index in [0.717, 1.165) is 31.9 Å². The van der Waals surface area contributed by atoms with Crippen LogP contribution >= 0.6 is 0 Å². The average molecular weight is 499 g/mol. The van der Waals surface area contributed by atoms with Gasteiger partial charge in [-0.15, -0.1) is 0 Å². The van der Waals surface area contributed by atoms with Crippen LogP contribution < -0.4 is 9.64 Å². The maximum absolute atomic E-state index is 6.04. The van der Waals surface area contributed by atoms with Crippen molar-refractivity contribution in [2.45, 2.75) is 78.5 Å². The minimum atomic E-state index is 0.211. The number of hydrogen-bond acceptors (Lipinski definition) is 3. The third-order valence-corrected chi connectivity index (χ3v) is 7.59. The quantitative estimate of drug-likeness (QED) is 0.281.